The van der Waals surface area contributed by atoms with Crippen molar-refractivity contribution in [3.8, 4) is 18.0 Å². The Balaban J connectivity index is 2.33. The molecule has 0 amide bonds. The van der Waals surface area contributed by atoms with Gasteiger partial charge in [0.15, 0.2) is 0 Å². The third kappa shape index (κ3) is 2.12. The predicted octanol–water partition coefficient (Wildman–Crippen LogP) is 1.36. The number of terminal acetylenes is 1. The average molecular weight is 234 g/mol. The van der Waals surface area contributed by atoms with Crippen molar-refractivity contribution < 1.29 is 0 Å². The molecule has 2 aromatic rings. The van der Waals surface area contributed by atoms with Crippen LogP contribution in [0.3, 0.4) is 0 Å². The van der Waals surface area contributed by atoms with Gasteiger partial charge >= 0.3 is 0 Å². The van der Waals surface area contributed by atoms with E-state index in [1.807, 2.05) is 12.1 Å². The van der Waals surface area contributed by atoms with Gasteiger partial charge in [-0.2, -0.15) is 0 Å². The summed E-state index contributed by atoms with van der Waals surface area (Å²) in [4.78, 5) is 0. The van der Waals surface area contributed by atoms with Gasteiger partial charge in [0.05, 0.1) is 22.9 Å². The molecule has 0 bridgehead atoms. The summed E-state index contributed by atoms with van der Waals surface area (Å²) < 4.78 is 1.54. The summed E-state index contributed by atoms with van der Waals surface area (Å²) in [5, 5.41) is 14.5. The second kappa shape index (κ2) is 4.64. The topological polar surface area (TPSA) is 55.6 Å². The molecule has 0 spiro atoms. The summed E-state index contributed by atoms with van der Waals surface area (Å²) in [5.41, 5.74) is 1.57. The van der Waals surface area contributed by atoms with E-state index < -0.39 is 0 Å². The lowest BCUT2D eigenvalue weighted by Gasteiger charge is -2.07. The molecule has 0 fully saturated rings. The van der Waals surface area contributed by atoms with Crippen LogP contribution in [0.1, 0.15) is 0 Å². The van der Waals surface area contributed by atoms with Crippen molar-refractivity contribution in [1.29, 1.82) is 0 Å². The minimum Gasteiger partial charge on any atom is -0.373 e. The van der Waals surface area contributed by atoms with E-state index in [2.05, 4.69) is 26.8 Å². The lowest BCUT2D eigenvalue weighted by molar-refractivity contribution is 0.789. The maximum atomic E-state index is 6.00. The molecule has 2 rings (SSSR count). The van der Waals surface area contributed by atoms with Gasteiger partial charge in [-0.25, -0.2) is 4.68 Å². The van der Waals surface area contributed by atoms with E-state index in [-0.39, 0.29) is 0 Å². The fourth-order valence-electron chi connectivity index (χ4n) is 1.22. The van der Waals surface area contributed by atoms with Gasteiger partial charge in [0.25, 0.3) is 0 Å². The highest BCUT2D eigenvalue weighted by Gasteiger charge is 2.03. The monoisotopic (exact) mass is 233 g/mol. The van der Waals surface area contributed by atoms with Crippen molar-refractivity contribution in [3.05, 3.63) is 29.5 Å². The number of rotatable bonds is 3. The highest BCUT2D eigenvalue weighted by Crippen LogP contribution is 2.24. The quantitative estimate of drug-likeness (QED) is 0.814. The van der Waals surface area contributed by atoms with Gasteiger partial charge in [0, 0.05) is 0 Å². The van der Waals surface area contributed by atoms with E-state index in [0.29, 0.717) is 11.6 Å². The Kier molecular flexibility index (Phi) is 3.03. The molecule has 0 unspecified atom stereocenters. The molecule has 0 saturated heterocycles. The Morgan fingerprint density at radius 2 is 2.38 bits per heavy atom. The Morgan fingerprint density at radius 3 is 3.06 bits per heavy atom. The van der Waals surface area contributed by atoms with Crippen LogP contribution in [0, 0.1) is 12.3 Å². The van der Waals surface area contributed by atoms with Gasteiger partial charge in [-0.15, -0.1) is 11.5 Å². The van der Waals surface area contributed by atoms with Crippen LogP contribution in [0.15, 0.2) is 24.5 Å². The van der Waals surface area contributed by atoms with Crippen LogP contribution in [0.2, 0.25) is 5.02 Å². The second-order valence-corrected chi connectivity index (χ2v) is 3.38. The van der Waals surface area contributed by atoms with Crippen LogP contribution in [0.5, 0.6) is 0 Å². The molecule has 1 aromatic carbocycles. The Morgan fingerprint density at radius 1 is 1.50 bits per heavy atom. The number of hydrogen-bond donors (Lipinski definition) is 1. The molecule has 6 heteroatoms. The van der Waals surface area contributed by atoms with E-state index in [4.69, 9.17) is 18.0 Å². The number of nitrogens with zero attached hydrogens (tertiary/aromatic N) is 4. The van der Waals surface area contributed by atoms with Gasteiger partial charge in [-0.1, -0.05) is 17.5 Å². The largest absolute Gasteiger partial charge is 0.373 e. The number of halogens is 1. The van der Waals surface area contributed by atoms with Crippen molar-refractivity contribution in [2.24, 2.45) is 0 Å². The lowest BCUT2D eigenvalue weighted by Crippen LogP contribution is -2.01. The third-order valence-corrected chi connectivity index (χ3v) is 2.27. The average Bonchev–Trinajstić information content (AvgIpc) is 2.81. The molecule has 5 nitrogen and oxygen atoms in total. The van der Waals surface area contributed by atoms with Crippen LogP contribution in [0.25, 0.3) is 5.69 Å². The molecule has 0 aliphatic rings. The molecule has 0 radical (unpaired) electrons. The Hall–Kier alpha value is -2.06. The summed E-state index contributed by atoms with van der Waals surface area (Å²) in [6.07, 6.45) is 6.67. The molecule has 0 aliphatic carbocycles. The zero-order valence-corrected chi connectivity index (χ0v) is 9.02. The summed E-state index contributed by atoms with van der Waals surface area (Å²) in [7, 11) is 0. The van der Waals surface area contributed by atoms with Crippen molar-refractivity contribution in [1.82, 2.24) is 20.2 Å². The van der Waals surface area contributed by atoms with Crippen molar-refractivity contribution in [2.75, 3.05) is 11.9 Å². The predicted molar refractivity (Wildman–Crippen MR) is 61.5 cm³/mol. The van der Waals surface area contributed by atoms with E-state index in [0.717, 1.165) is 11.4 Å². The van der Waals surface area contributed by atoms with Crippen molar-refractivity contribution in [3.63, 3.8) is 0 Å². The van der Waals surface area contributed by atoms with E-state index in [1.165, 1.54) is 11.0 Å². The Labute approximate surface area is 97.4 Å². The van der Waals surface area contributed by atoms with Gasteiger partial charge in [-0.3, -0.25) is 0 Å². The first-order chi connectivity index (χ1) is 7.81. The van der Waals surface area contributed by atoms with E-state index in [1.54, 1.807) is 6.07 Å². The first-order valence-electron chi connectivity index (χ1n) is 4.51. The normalized spacial score (nSPS) is 9.75. The molecule has 1 N–H and O–H groups in total. The molecule has 1 aromatic heterocycles. The van der Waals surface area contributed by atoms with Gasteiger partial charge < -0.3 is 5.32 Å². The number of tetrazole rings is 1. The molecule has 0 aliphatic heterocycles. The minimum atomic E-state index is 0.415. The second-order valence-electron chi connectivity index (χ2n) is 2.98. The summed E-state index contributed by atoms with van der Waals surface area (Å²) >= 11 is 6.00. The molecule has 1 heterocycles. The number of nitrogens with one attached hydrogen (secondary N) is 1. The van der Waals surface area contributed by atoms with Crippen molar-refractivity contribution in [2.45, 2.75) is 0 Å². The summed E-state index contributed by atoms with van der Waals surface area (Å²) in [6.45, 7) is 0.415. The molecule has 0 atom stereocenters. The fraction of sp³-hybridized carbons (Fsp3) is 0.100. The SMILES string of the molecule is C#CCNc1cc(-n2cnnn2)ccc1Cl. The van der Waals surface area contributed by atoms with Crippen LogP contribution in [-0.2, 0) is 0 Å². The summed E-state index contributed by atoms with van der Waals surface area (Å²) in [6, 6.07) is 5.41. The van der Waals surface area contributed by atoms with Crippen LogP contribution >= 0.6 is 11.6 Å². The van der Waals surface area contributed by atoms with E-state index >= 15 is 0 Å². The van der Waals surface area contributed by atoms with Crippen LogP contribution in [-0.4, -0.2) is 26.8 Å². The number of anilines is 1. The molecular weight excluding hydrogens is 226 g/mol. The molecular formula is C10H8ClN5. The Bertz CT molecular complexity index is 515. The maximum absolute atomic E-state index is 6.00. The molecule has 0 saturated carbocycles. The first kappa shape index (κ1) is 10.5. The number of hydrogen-bond acceptors (Lipinski definition) is 4. The number of aromatic nitrogens is 4. The molecule has 16 heavy (non-hydrogen) atoms. The van der Waals surface area contributed by atoms with Crippen molar-refractivity contribution >= 4 is 17.3 Å². The fourth-order valence-corrected chi connectivity index (χ4v) is 1.40. The third-order valence-electron chi connectivity index (χ3n) is 1.94. The van der Waals surface area contributed by atoms with Crippen LogP contribution < -0.4 is 5.32 Å². The standard InChI is InChI=1S/C10H8ClN5/c1-2-5-12-10-6-8(3-4-9(10)11)16-7-13-14-15-16/h1,3-4,6-7,12H,5H2. The molecule has 80 valence electrons. The number of benzene rings is 1. The lowest BCUT2D eigenvalue weighted by atomic mass is 10.2. The van der Waals surface area contributed by atoms with Crippen LogP contribution in [0.4, 0.5) is 5.69 Å². The highest BCUT2D eigenvalue weighted by atomic mass is 35.5. The highest BCUT2D eigenvalue weighted by molar-refractivity contribution is 6.33. The summed E-state index contributed by atoms with van der Waals surface area (Å²) in [5.74, 6) is 2.48. The van der Waals surface area contributed by atoms with E-state index in [9.17, 15) is 0 Å². The smallest absolute Gasteiger partial charge is 0.143 e. The van der Waals surface area contributed by atoms with Gasteiger partial charge in [0.1, 0.15) is 6.33 Å². The zero-order chi connectivity index (χ0) is 11.4. The van der Waals surface area contributed by atoms with Gasteiger partial charge in [0.2, 0.25) is 0 Å². The first-order valence-corrected chi connectivity index (χ1v) is 4.89. The minimum absolute atomic E-state index is 0.415. The zero-order valence-electron chi connectivity index (χ0n) is 8.26. The van der Waals surface area contributed by atoms with Gasteiger partial charge in [-0.05, 0) is 28.6 Å². The maximum Gasteiger partial charge on any atom is 0.143 e.